The third-order valence-electron chi connectivity index (χ3n) is 4.12. The molecule has 0 aliphatic carbocycles. The number of hydrogen-bond acceptors (Lipinski definition) is 4. The molecule has 1 unspecified atom stereocenters. The largest absolute Gasteiger partial charge is 0.365 e. The van der Waals surface area contributed by atoms with E-state index >= 15 is 0 Å². The van der Waals surface area contributed by atoms with Gasteiger partial charge in [-0.15, -0.1) is 0 Å². The molecule has 2 rings (SSSR count). The molecule has 18 heavy (non-hydrogen) atoms. The van der Waals surface area contributed by atoms with Crippen molar-refractivity contribution in [2.45, 2.75) is 38.9 Å². The van der Waals surface area contributed by atoms with Crippen LogP contribution in [0.4, 0.5) is 0 Å². The first kappa shape index (κ1) is 14.2. The summed E-state index contributed by atoms with van der Waals surface area (Å²) >= 11 is 1.94. The van der Waals surface area contributed by atoms with E-state index in [1.54, 1.807) is 0 Å². The van der Waals surface area contributed by atoms with E-state index in [0.29, 0.717) is 5.25 Å². The number of piperidine rings is 1. The summed E-state index contributed by atoms with van der Waals surface area (Å²) in [6.07, 6.45) is 2.68. The van der Waals surface area contributed by atoms with E-state index in [4.69, 9.17) is 0 Å². The molecule has 0 radical (unpaired) electrons. The van der Waals surface area contributed by atoms with Crippen LogP contribution in [0.2, 0.25) is 0 Å². The molecule has 0 aromatic heterocycles. The Kier molecular flexibility index (Phi) is 5.37. The second-order valence-electron chi connectivity index (χ2n) is 5.80. The number of aliphatic imine (C=N–C) groups is 1. The molecule has 0 amide bonds. The lowest BCUT2D eigenvalue weighted by Gasteiger charge is -2.31. The highest BCUT2D eigenvalue weighted by atomic mass is 32.2. The van der Waals surface area contributed by atoms with Crippen molar-refractivity contribution in [3.63, 3.8) is 0 Å². The van der Waals surface area contributed by atoms with Gasteiger partial charge in [-0.05, 0) is 44.3 Å². The maximum absolute atomic E-state index is 4.61. The number of amidine groups is 1. The lowest BCUT2D eigenvalue weighted by atomic mass is 9.97. The standard InChI is InChI=1S/C14H27N3S/c1-4-17-7-5-12(6-8-17)9-15-14-16-10-13(18-14)11(2)3/h11-13H,4-10H2,1-3H3,(H,15,16). The van der Waals surface area contributed by atoms with E-state index in [1.807, 2.05) is 11.8 Å². The van der Waals surface area contributed by atoms with Crippen LogP contribution in [-0.4, -0.2) is 48.0 Å². The molecule has 104 valence electrons. The van der Waals surface area contributed by atoms with Crippen molar-refractivity contribution in [3.8, 4) is 0 Å². The quantitative estimate of drug-likeness (QED) is 0.849. The molecule has 1 saturated heterocycles. The first-order chi connectivity index (χ1) is 8.69. The molecule has 1 atom stereocenters. The summed E-state index contributed by atoms with van der Waals surface area (Å²) < 4.78 is 0. The fraction of sp³-hybridized carbons (Fsp3) is 0.929. The number of thioether (sulfide) groups is 1. The molecule has 1 fully saturated rings. The summed E-state index contributed by atoms with van der Waals surface area (Å²) in [6, 6.07) is 0. The topological polar surface area (TPSA) is 27.6 Å². The molecule has 0 aromatic rings. The molecular formula is C14H27N3S. The Bertz CT molecular complexity index is 283. The molecule has 4 heteroatoms. The predicted octanol–water partition coefficient (Wildman–Crippen LogP) is 2.44. The van der Waals surface area contributed by atoms with Gasteiger partial charge >= 0.3 is 0 Å². The minimum atomic E-state index is 0.689. The molecule has 2 aliphatic heterocycles. The van der Waals surface area contributed by atoms with Crippen LogP contribution in [0, 0.1) is 11.8 Å². The summed E-state index contributed by atoms with van der Waals surface area (Å²) in [4.78, 5) is 7.16. The van der Waals surface area contributed by atoms with Crippen LogP contribution in [0.25, 0.3) is 0 Å². The van der Waals surface area contributed by atoms with E-state index in [-0.39, 0.29) is 0 Å². The van der Waals surface area contributed by atoms with Crippen LogP contribution in [0.15, 0.2) is 4.99 Å². The Morgan fingerprint density at radius 1 is 1.39 bits per heavy atom. The lowest BCUT2D eigenvalue weighted by Crippen LogP contribution is -2.37. The van der Waals surface area contributed by atoms with E-state index < -0.39 is 0 Å². The predicted molar refractivity (Wildman–Crippen MR) is 81.4 cm³/mol. The smallest absolute Gasteiger partial charge is 0.156 e. The third-order valence-corrected chi connectivity index (χ3v) is 5.61. The average Bonchev–Trinajstić information content (AvgIpc) is 2.86. The van der Waals surface area contributed by atoms with Gasteiger partial charge in [0.2, 0.25) is 0 Å². The van der Waals surface area contributed by atoms with Crippen molar-refractivity contribution in [2.75, 3.05) is 32.7 Å². The summed E-state index contributed by atoms with van der Waals surface area (Å²) in [5, 5.41) is 5.44. The Morgan fingerprint density at radius 3 is 2.67 bits per heavy atom. The molecule has 3 nitrogen and oxygen atoms in total. The van der Waals surface area contributed by atoms with Crippen LogP contribution in [-0.2, 0) is 0 Å². The number of rotatable bonds is 4. The summed E-state index contributed by atoms with van der Waals surface area (Å²) in [6.45, 7) is 12.7. The van der Waals surface area contributed by atoms with Gasteiger partial charge in [-0.2, -0.15) is 0 Å². The minimum absolute atomic E-state index is 0.689. The highest BCUT2D eigenvalue weighted by molar-refractivity contribution is 8.14. The van der Waals surface area contributed by atoms with Crippen molar-refractivity contribution in [1.29, 1.82) is 0 Å². The first-order valence-corrected chi connectivity index (χ1v) is 8.24. The Balaban J connectivity index is 1.64. The van der Waals surface area contributed by atoms with Crippen LogP contribution in [0.1, 0.15) is 33.6 Å². The first-order valence-electron chi connectivity index (χ1n) is 7.36. The highest BCUT2D eigenvalue weighted by Gasteiger charge is 2.23. The fourth-order valence-electron chi connectivity index (χ4n) is 2.57. The minimum Gasteiger partial charge on any atom is -0.365 e. The van der Waals surface area contributed by atoms with Crippen LogP contribution in [0.5, 0.6) is 0 Å². The molecule has 0 aromatic carbocycles. The molecular weight excluding hydrogens is 242 g/mol. The molecule has 2 aliphatic rings. The summed E-state index contributed by atoms with van der Waals surface area (Å²) in [5.41, 5.74) is 0. The van der Waals surface area contributed by atoms with E-state index in [2.05, 4.69) is 36.0 Å². The van der Waals surface area contributed by atoms with Gasteiger partial charge in [0, 0.05) is 11.8 Å². The number of likely N-dealkylation sites (tertiary alicyclic amines) is 1. The number of nitrogens with one attached hydrogen (secondary N) is 1. The zero-order chi connectivity index (χ0) is 13.0. The molecule has 0 bridgehead atoms. The molecule has 1 N–H and O–H groups in total. The van der Waals surface area contributed by atoms with Gasteiger partial charge in [-0.3, -0.25) is 4.99 Å². The van der Waals surface area contributed by atoms with Crippen LogP contribution < -0.4 is 5.32 Å². The highest BCUT2D eigenvalue weighted by Crippen LogP contribution is 2.26. The summed E-state index contributed by atoms with van der Waals surface area (Å²) in [5.74, 6) is 1.57. The second kappa shape index (κ2) is 6.80. The maximum atomic E-state index is 4.61. The lowest BCUT2D eigenvalue weighted by molar-refractivity contribution is 0.193. The third kappa shape index (κ3) is 3.89. The number of nitrogens with zero attached hydrogens (tertiary/aromatic N) is 2. The Labute approximate surface area is 116 Å². The van der Waals surface area contributed by atoms with Gasteiger partial charge in [-0.25, -0.2) is 0 Å². The number of hydrogen-bond donors (Lipinski definition) is 1. The van der Waals surface area contributed by atoms with E-state index in [9.17, 15) is 0 Å². The zero-order valence-corrected chi connectivity index (χ0v) is 12.8. The molecule has 2 heterocycles. The Hall–Kier alpha value is -0.220. The normalized spacial score (nSPS) is 26.7. The average molecular weight is 269 g/mol. The van der Waals surface area contributed by atoms with Gasteiger partial charge in [0.1, 0.15) is 0 Å². The van der Waals surface area contributed by atoms with Gasteiger partial charge in [0.15, 0.2) is 5.17 Å². The van der Waals surface area contributed by atoms with Crippen molar-refractivity contribution in [3.05, 3.63) is 0 Å². The van der Waals surface area contributed by atoms with Gasteiger partial charge in [0.25, 0.3) is 0 Å². The zero-order valence-electron chi connectivity index (χ0n) is 12.0. The molecule has 0 spiro atoms. The fourth-order valence-corrected chi connectivity index (χ4v) is 3.60. The van der Waals surface area contributed by atoms with Gasteiger partial charge < -0.3 is 10.2 Å². The monoisotopic (exact) mass is 269 g/mol. The van der Waals surface area contributed by atoms with Crippen molar-refractivity contribution < 1.29 is 0 Å². The van der Waals surface area contributed by atoms with Crippen molar-refractivity contribution in [1.82, 2.24) is 10.2 Å². The summed E-state index contributed by atoms with van der Waals surface area (Å²) in [7, 11) is 0. The second-order valence-corrected chi connectivity index (χ2v) is 7.03. The van der Waals surface area contributed by atoms with Crippen molar-refractivity contribution in [2.24, 2.45) is 16.8 Å². The van der Waals surface area contributed by atoms with Gasteiger partial charge in [0.05, 0.1) is 6.54 Å². The van der Waals surface area contributed by atoms with Gasteiger partial charge in [-0.1, -0.05) is 32.5 Å². The Morgan fingerprint density at radius 2 is 2.11 bits per heavy atom. The maximum Gasteiger partial charge on any atom is 0.156 e. The molecule has 0 saturated carbocycles. The van der Waals surface area contributed by atoms with Crippen LogP contribution >= 0.6 is 11.8 Å². The SMILES string of the molecule is CCN1CCC(CNC2=NCC(C(C)C)S2)CC1. The van der Waals surface area contributed by atoms with Crippen LogP contribution in [0.3, 0.4) is 0 Å². The van der Waals surface area contributed by atoms with E-state index in [0.717, 1.165) is 24.9 Å². The van der Waals surface area contributed by atoms with Crippen molar-refractivity contribution >= 4 is 16.9 Å². The van der Waals surface area contributed by atoms with E-state index in [1.165, 1.54) is 37.6 Å².